The number of hydrogen-bond acceptors (Lipinski definition) is 3. The van der Waals surface area contributed by atoms with Crippen molar-refractivity contribution in [2.75, 3.05) is 18.0 Å². The molecule has 0 saturated heterocycles. The summed E-state index contributed by atoms with van der Waals surface area (Å²) in [5.74, 6) is 0. The van der Waals surface area contributed by atoms with Gasteiger partial charge >= 0.3 is 0 Å². The van der Waals surface area contributed by atoms with Gasteiger partial charge in [0.25, 0.3) is 0 Å². The Morgan fingerprint density at radius 3 is 2.78 bits per heavy atom. The highest BCUT2D eigenvalue weighted by Gasteiger charge is 2.13. The van der Waals surface area contributed by atoms with Crippen molar-refractivity contribution in [2.45, 2.75) is 40.3 Å². The smallest absolute Gasteiger partial charge is 0.0450 e. The monoisotopic (exact) mass is 247 g/mol. The van der Waals surface area contributed by atoms with Crippen molar-refractivity contribution in [1.82, 2.24) is 10.3 Å². The lowest BCUT2D eigenvalue weighted by Crippen LogP contribution is -2.32. The molecular formula is C15H25N3. The van der Waals surface area contributed by atoms with Crippen LogP contribution in [0.5, 0.6) is 0 Å². The van der Waals surface area contributed by atoms with Gasteiger partial charge in [-0.2, -0.15) is 0 Å². The van der Waals surface area contributed by atoms with Crippen LogP contribution in [0, 0.1) is 6.92 Å². The first-order valence-corrected chi connectivity index (χ1v) is 6.63. The van der Waals surface area contributed by atoms with E-state index in [-0.39, 0.29) is 0 Å². The second-order valence-corrected chi connectivity index (χ2v) is 4.77. The number of aryl methyl sites for hydroxylation is 1. The van der Waals surface area contributed by atoms with E-state index >= 15 is 0 Å². The Balaban J connectivity index is 3.08. The van der Waals surface area contributed by atoms with Gasteiger partial charge in [-0.3, -0.25) is 4.98 Å². The van der Waals surface area contributed by atoms with E-state index in [9.17, 15) is 0 Å². The van der Waals surface area contributed by atoms with E-state index in [1.807, 2.05) is 19.2 Å². The summed E-state index contributed by atoms with van der Waals surface area (Å²) in [5, 5.41) is 3.37. The van der Waals surface area contributed by atoms with Crippen LogP contribution in [0.25, 0.3) is 0 Å². The summed E-state index contributed by atoms with van der Waals surface area (Å²) < 4.78 is 0. The summed E-state index contributed by atoms with van der Waals surface area (Å²) in [7, 11) is 0. The summed E-state index contributed by atoms with van der Waals surface area (Å²) >= 11 is 0. The maximum atomic E-state index is 4.40. The van der Waals surface area contributed by atoms with Gasteiger partial charge in [0.1, 0.15) is 0 Å². The van der Waals surface area contributed by atoms with Crippen molar-refractivity contribution >= 4 is 5.69 Å². The zero-order chi connectivity index (χ0) is 13.5. The van der Waals surface area contributed by atoms with Gasteiger partial charge in [0.2, 0.25) is 0 Å². The number of anilines is 1. The maximum Gasteiger partial charge on any atom is 0.0450 e. The van der Waals surface area contributed by atoms with E-state index in [0.29, 0.717) is 6.04 Å². The van der Waals surface area contributed by atoms with Crippen molar-refractivity contribution in [3.8, 4) is 0 Å². The molecule has 1 aromatic rings. The third kappa shape index (κ3) is 3.84. The van der Waals surface area contributed by atoms with Gasteiger partial charge in [0.15, 0.2) is 0 Å². The normalized spacial score (nSPS) is 10.7. The maximum absolute atomic E-state index is 4.40. The van der Waals surface area contributed by atoms with Gasteiger partial charge in [-0.25, -0.2) is 0 Å². The number of nitrogens with zero attached hydrogens (tertiary/aromatic N) is 2. The second kappa shape index (κ2) is 7.17. The number of nitrogens with one attached hydrogen (secondary N) is 1. The largest absolute Gasteiger partial charge is 0.365 e. The fraction of sp³-hybridized carbons (Fsp3) is 0.533. The van der Waals surface area contributed by atoms with Crippen LogP contribution in [0.3, 0.4) is 0 Å². The Morgan fingerprint density at radius 1 is 1.50 bits per heavy atom. The first kappa shape index (κ1) is 14.7. The SMILES string of the molecule is C=CCN(c1cc(C)ncc1CNCC)C(C)C. The van der Waals surface area contributed by atoms with Gasteiger partial charge in [-0.15, -0.1) is 6.58 Å². The molecule has 1 rings (SSSR count). The highest BCUT2D eigenvalue weighted by molar-refractivity contribution is 5.54. The highest BCUT2D eigenvalue weighted by atomic mass is 15.2. The van der Waals surface area contributed by atoms with Gasteiger partial charge < -0.3 is 10.2 Å². The minimum atomic E-state index is 0.449. The van der Waals surface area contributed by atoms with Crippen LogP contribution < -0.4 is 10.2 Å². The molecule has 0 aliphatic rings. The van der Waals surface area contributed by atoms with Gasteiger partial charge in [-0.1, -0.05) is 13.0 Å². The Morgan fingerprint density at radius 2 is 2.22 bits per heavy atom. The number of pyridine rings is 1. The Labute approximate surface area is 111 Å². The molecule has 1 aromatic heterocycles. The molecule has 0 aromatic carbocycles. The average Bonchev–Trinajstić information content (AvgIpc) is 2.34. The molecule has 0 radical (unpaired) electrons. The van der Waals surface area contributed by atoms with Crippen LogP contribution in [0.4, 0.5) is 5.69 Å². The summed E-state index contributed by atoms with van der Waals surface area (Å²) in [5.41, 5.74) is 3.57. The van der Waals surface area contributed by atoms with E-state index < -0.39 is 0 Å². The molecule has 0 aliphatic heterocycles. The van der Waals surface area contributed by atoms with Crippen molar-refractivity contribution in [2.24, 2.45) is 0 Å². The first-order valence-electron chi connectivity index (χ1n) is 6.63. The Hall–Kier alpha value is -1.35. The van der Waals surface area contributed by atoms with Crippen molar-refractivity contribution < 1.29 is 0 Å². The predicted octanol–water partition coefficient (Wildman–Crippen LogP) is 2.90. The summed E-state index contributed by atoms with van der Waals surface area (Å²) in [6.07, 6.45) is 3.93. The lowest BCUT2D eigenvalue weighted by atomic mass is 10.1. The lowest BCUT2D eigenvalue weighted by molar-refractivity contribution is 0.692. The van der Waals surface area contributed by atoms with Crippen molar-refractivity contribution in [1.29, 1.82) is 0 Å². The van der Waals surface area contributed by atoms with E-state index in [1.54, 1.807) is 0 Å². The van der Waals surface area contributed by atoms with Crippen LogP contribution in [0.15, 0.2) is 24.9 Å². The van der Waals surface area contributed by atoms with Crippen LogP contribution >= 0.6 is 0 Å². The zero-order valence-corrected chi connectivity index (χ0v) is 12.0. The van der Waals surface area contributed by atoms with Crippen molar-refractivity contribution in [3.05, 3.63) is 36.2 Å². The van der Waals surface area contributed by atoms with E-state index in [4.69, 9.17) is 0 Å². The van der Waals surface area contributed by atoms with Crippen LogP contribution in [-0.4, -0.2) is 24.1 Å². The molecular weight excluding hydrogens is 222 g/mol. The van der Waals surface area contributed by atoms with Crippen LogP contribution in [-0.2, 0) is 6.54 Å². The average molecular weight is 247 g/mol. The minimum absolute atomic E-state index is 0.449. The molecule has 0 atom stereocenters. The zero-order valence-electron chi connectivity index (χ0n) is 12.0. The fourth-order valence-electron chi connectivity index (χ4n) is 1.96. The van der Waals surface area contributed by atoms with E-state index in [0.717, 1.165) is 25.3 Å². The molecule has 0 spiro atoms. The van der Waals surface area contributed by atoms with Crippen LogP contribution in [0.1, 0.15) is 32.0 Å². The summed E-state index contributed by atoms with van der Waals surface area (Å²) in [6, 6.07) is 2.61. The molecule has 0 aliphatic carbocycles. The topological polar surface area (TPSA) is 28.2 Å². The minimum Gasteiger partial charge on any atom is -0.365 e. The predicted molar refractivity (Wildman–Crippen MR) is 79.0 cm³/mol. The van der Waals surface area contributed by atoms with Gasteiger partial charge in [-0.05, 0) is 33.4 Å². The standard InChI is InChI=1S/C15H25N3/c1-6-8-18(12(3)4)15-9-13(5)17-11-14(15)10-16-7-2/h6,9,11-12,16H,1,7-8,10H2,2-5H3. The summed E-state index contributed by atoms with van der Waals surface area (Å²) in [6.45, 7) is 15.1. The molecule has 3 nitrogen and oxygen atoms in total. The highest BCUT2D eigenvalue weighted by Crippen LogP contribution is 2.23. The quantitative estimate of drug-likeness (QED) is 0.751. The third-order valence-electron chi connectivity index (χ3n) is 2.92. The summed E-state index contributed by atoms with van der Waals surface area (Å²) in [4.78, 5) is 6.76. The number of aromatic nitrogens is 1. The molecule has 1 N–H and O–H groups in total. The molecule has 0 bridgehead atoms. The molecule has 1 heterocycles. The molecule has 3 heteroatoms. The molecule has 0 amide bonds. The van der Waals surface area contributed by atoms with Crippen molar-refractivity contribution in [3.63, 3.8) is 0 Å². The Bertz CT molecular complexity index is 385. The molecule has 18 heavy (non-hydrogen) atoms. The lowest BCUT2D eigenvalue weighted by Gasteiger charge is -2.30. The fourth-order valence-corrected chi connectivity index (χ4v) is 1.96. The second-order valence-electron chi connectivity index (χ2n) is 4.77. The number of rotatable bonds is 7. The van der Waals surface area contributed by atoms with E-state index in [1.165, 1.54) is 11.3 Å². The molecule has 100 valence electrons. The third-order valence-corrected chi connectivity index (χ3v) is 2.92. The molecule has 0 unspecified atom stereocenters. The Kier molecular flexibility index (Phi) is 5.86. The van der Waals surface area contributed by atoms with Crippen LogP contribution in [0.2, 0.25) is 0 Å². The first-order chi connectivity index (χ1) is 8.60. The van der Waals surface area contributed by atoms with Gasteiger partial charge in [0, 0.05) is 42.3 Å². The van der Waals surface area contributed by atoms with Gasteiger partial charge in [0.05, 0.1) is 0 Å². The number of hydrogen-bond donors (Lipinski definition) is 1. The molecule has 0 fully saturated rings. The van der Waals surface area contributed by atoms with E-state index in [2.05, 4.69) is 48.6 Å². The molecule has 0 saturated carbocycles.